The molecule has 3 rings (SSSR count). The number of anilines is 1. The Hall–Kier alpha value is -2.62. The van der Waals surface area contributed by atoms with Crippen LogP contribution in [0, 0.1) is 11.3 Å². The normalized spacial score (nSPS) is 18.2. The van der Waals surface area contributed by atoms with Crippen LogP contribution in [0.4, 0.5) is 5.69 Å². The predicted octanol–water partition coefficient (Wildman–Crippen LogP) is 5.38. The Morgan fingerprint density at radius 2 is 2.07 bits per heavy atom. The molecule has 2 aromatic carbocycles. The quantitative estimate of drug-likeness (QED) is 0.538. The molecule has 0 saturated heterocycles. The first kappa shape index (κ1) is 22.1. The summed E-state index contributed by atoms with van der Waals surface area (Å²) in [5.74, 6) is 1.20. The lowest BCUT2D eigenvalue weighted by molar-refractivity contribution is -0.118. The summed E-state index contributed by atoms with van der Waals surface area (Å²) in [4.78, 5) is 15.1. The van der Waals surface area contributed by atoms with Gasteiger partial charge in [-0.3, -0.25) is 4.79 Å². The topological polar surface area (TPSA) is 62.6 Å². The van der Waals surface area contributed by atoms with Crippen molar-refractivity contribution in [3.05, 3.63) is 65.2 Å². The van der Waals surface area contributed by atoms with E-state index in [1.54, 1.807) is 31.3 Å². The number of hydrogen-bond donors (Lipinski definition) is 0. The van der Waals surface area contributed by atoms with Gasteiger partial charge in [0.2, 0.25) is 5.91 Å². The van der Waals surface area contributed by atoms with Gasteiger partial charge in [0.1, 0.15) is 0 Å². The van der Waals surface area contributed by atoms with Gasteiger partial charge >= 0.3 is 0 Å². The Labute approximate surface area is 186 Å². The highest BCUT2D eigenvalue weighted by Gasteiger charge is 2.37. The lowest BCUT2D eigenvalue weighted by atomic mass is 10.00. The third-order valence-corrected chi connectivity index (χ3v) is 6.73. The maximum atomic E-state index is 13.4. The van der Waals surface area contributed by atoms with Crippen LogP contribution in [0.1, 0.15) is 29.2 Å². The Morgan fingerprint density at radius 1 is 1.27 bits per heavy atom. The minimum Gasteiger partial charge on any atom is -0.493 e. The summed E-state index contributed by atoms with van der Waals surface area (Å²) in [6.07, 6.45) is 2.46. The number of carbonyl (C=O) groups excluding carboxylic acids is 1. The van der Waals surface area contributed by atoms with Crippen LogP contribution in [-0.2, 0) is 4.79 Å². The van der Waals surface area contributed by atoms with Gasteiger partial charge < -0.3 is 14.4 Å². The van der Waals surface area contributed by atoms with Crippen LogP contribution in [-0.4, -0.2) is 31.9 Å². The van der Waals surface area contributed by atoms with Crippen molar-refractivity contribution in [2.45, 2.75) is 23.3 Å². The van der Waals surface area contributed by atoms with Gasteiger partial charge in [-0.2, -0.15) is 5.26 Å². The van der Waals surface area contributed by atoms with Crippen molar-refractivity contribution in [1.82, 2.24) is 0 Å². The van der Waals surface area contributed by atoms with Crippen LogP contribution in [0.2, 0.25) is 5.02 Å². The molecule has 30 heavy (non-hydrogen) atoms. The van der Waals surface area contributed by atoms with E-state index in [1.165, 1.54) is 11.8 Å². The Bertz CT molecular complexity index is 989. The van der Waals surface area contributed by atoms with E-state index in [4.69, 9.17) is 26.3 Å². The van der Waals surface area contributed by atoms with E-state index in [0.29, 0.717) is 35.9 Å². The lowest BCUT2D eigenvalue weighted by Gasteiger charge is -2.24. The van der Waals surface area contributed by atoms with Crippen molar-refractivity contribution in [1.29, 1.82) is 5.26 Å². The van der Waals surface area contributed by atoms with Crippen LogP contribution in [0.25, 0.3) is 0 Å². The molecule has 2 atom stereocenters. The summed E-state index contributed by atoms with van der Waals surface area (Å²) in [5.41, 5.74) is 2.58. The van der Waals surface area contributed by atoms with E-state index in [9.17, 15) is 4.79 Å². The summed E-state index contributed by atoms with van der Waals surface area (Å²) >= 11 is 7.88. The van der Waals surface area contributed by atoms with Gasteiger partial charge in [-0.15, -0.1) is 18.3 Å². The van der Waals surface area contributed by atoms with Gasteiger partial charge in [0.15, 0.2) is 11.5 Å². The molecule has 156 valence electrons. The second-order valence-electron chi connectivity index (χ2n) is 6.72. The summed E-state index contributed by atoms with van der Waals surface area (Å²) in [5, 5.41) is 9.08. The van der Waals surface area contributed by atoms with E-state index >= 15 is 0 Å². The number of fused-ring (bicyclic) bond motifs is 1. The molecule has 0 N–H and O–H groups in total. The molecular weight excluding hydrogens is 420 g/mol. The Morgan fingerprint density at radius 3 is 2.73 bits per heavy atom. The minimum atomic E-state index is -0.392. The molecular formula is C23H23ClN2O3S. The highest BCUT2D eigenvalue weighted by molar-refractivity contribution is 8.01. The van der Waals surface area contributed by atoms with Gasteiger partial charge in [0, 0.05) is 29.2 Å². The average Bonchev–Trinajstić information content (AvgIpc) is 2.87. The largest absolute Gasteiger partial charge is 0.493 e. The Kier molecular flexibility index (Phi) is 7.30. The van der Waals surface area contributed by atoms with Crippen molar-refractivity contribution in [2.24, 2.45) is 0 Å². The first-order chi connectivity index (χ1) is 14.5. The van der Waals surface area contributed by atoms with Crippen molar-refractivity contribution < 1.29 is 14.3 Å². The second-order valence-corrected chi connectivity index (χ2v) is 8.47. The molecule has 0 spiro atoms. The summed E-state index contributed by atoms with van der Waals surface area (Å²) in [7, 11) is 3.20. The van der Waals surface area contributed by atoms with Crippen molar-refractivity contribution in [2.75, 3.05) is 25.7 Å². The Balaban J connectivity index is 2.24. The third-order valence-electron chi connectivity index (χ3n) is 4.95. The molecule has 7 heteroatoms. The van der Waals surface area contributed by atoms with Crippen LogP contribution < -0.4 is 14.4 Å². The standard InChI is InChI=1S/C23H23ClN2O3S/c1-4-13-26-18-11-10-15(24)14-17(18)22(30-20(23(26)27)9-6-12-25)16-7-5-8-19(28-2)21(16)29-3/h4-5,7-8,10-11,14,20,22H,1,6,9,13H2,2-3H3/t20-,22-/m0/s1. The number of carbonyl (C=O) groups is 1. The molecule has 0 bridgehead atoms. The van der Waals surface area contributed by atoms with E-state index in [2.05, 4.69) is 12.6 Å². The fraction of sp³-hybridized carbons (Fsp3) is 0.304. The zero-order valence-electron chi connectivity index (χ0n) is 16.9. The van der Waals surface area contributed by atoms with E-state index in [1.807, 2.05) is 30.3 Å². The SMILES string of the molecule is C=CCN1C(=O)[C@H](CCC#N)S[C@@H](c2cccc(OC)c2OC)c2cc(Cl)ccc21. The molecule has 5 nitrogen and oxygen atoms in total. The average molecular weight is 443 g/mol. The minimum absolute atomic E-state index is 0.0388. The van der Waals surface area contributed by atoms with Gasteiger partial charge in [-0.1, -0.05) is 29.8 Å². The number of rotatable bonds is 7. The molecule has 1 amide bonds. The number of thioether (sulfide) groups is 1. The molecule has 2 aromatic rings. The number of nitrogens with zero attached hydrogens (tertiary/aromatic N) is 2. The van der Waals surface area contributed by atoms with Gasteiger partial charge in [0.25, 0.3) is 0 Å². The molecule has 0 saturated carbocycles. The molecule has 0 aliphatic carbocycles. The number of halogens is 1. The molecule has 0 radical (unpaired) electrons. The fourth-order valence-corrected chi connectivity index (χ4v) is 5.31. The first-order valence-electron chi connectivity index (χ1n) is 9.50. The van der Waals surface area contributed by atoms with Crippen LogP contribution in [0.15, 0.2) is 49.1 Å². The second kappa shape index (κ2) is 9.92. The maximum absolute atomic E-state index is 13.4. The van der Waals surface area contributed by atoms with Crippen LogP contribution in [0.3, 0.4) is 0 Å². The van der Waals surface area contributed by atoms with Crippen LogP contribution >= 0.6 is 23.4 Å². The lowest BCUT2D eigenvalue weighted by Crippen LogP contribution is -2.37. The number of methoxy groups -OCH3 is 2. The number of benzene rings is 2. The highest BCUT2D eigenvalue weighted by Crippen LogP contribution is 2.51. The van der Waals surface area contributed by atoms with Gasteiger partial charge in [-0.05, 0) is 36.2 Å². The molecule has 1 aliphatic heterocycles. The molecule has 1 heterocycles. The predicted molar refractivity (Wildman–Crippen MR) is 122 cm³/mol. The monoisotopic (exact) mass is 442 g/mol. The third kappa shape index (κ3) is 4.28. The van der Waals surface area contributed by atoms with Gasteiger partial charge in [-0.25, -0.2) is 0 Å². The number of hydrogen-bond acceptors (Lipinski definition) is 5. The molecule has 0 aromatic heterocycles. The summed E-state index contributed by atoms with van der Waals surface area (Å²) in [6.45, 7) is 4.18. The number of para-hydroxylation sites is 1. The van der Waals surface area contributed by atoms with Gasteiger partial charge in [0.05, 0.1) is 30.8 Å². The first-order valence-corrected chi connectivity index (χ1v) is 10.8. The number of amides is 1. The van der Waals surface area contributed by atoms with E-state index in [0.717, 1.165) is 16.8 Å². The van der Waals surface area contributed by atoms with Crippen molar-refractivity contribution >= 4 is 35.0 Å². The van der Waals surface area contributed by atoms with Crippen molar-refractivity contribution in [3.63, 3.8) is 0 Å². The van der Waals surface area contributed by atoms with E-state index in [-0.39, 0.29) is 11.2 Å². The zero-order valence-corrected chi connectivity index (χ0v) is 18.5. The molecule has 0 fully saturated rings. The summed E-state index contributed by atoms with van der Waals surface area (Å²) in [6, 6.07) is 13.4. The number of ether oxygens (including phenoxy) is 2. The van der Waals surface area contributed by atoms with E-state index < -0.39 is 5.25 Å². The molecule has 1 aliphatic rings. The maximum Gasteiger partial charge on any atom is 0.240 e. The number of nitriles is 1. The van der Waals surface area contributed by atoms with Crippen LogP contribution in [0.5, 0.6) is 11.5 Å². The summed E-state index contributed by atoms with van der Waals surface area (Å²) < 4.78 is 11.2. The smallest absolute Gasteiger partial charge is 0.240 e. The van der Waals surface area contributed by atoms with Crippen molar-refractivity contribution in [3.8, 4) is 17.6 Å². The highest BCUT2D eigenvalue weighted by atomic mass is 35.5. The molecule has 0 unspecified atom stereocenters. The zero-order chi connectivity index (χ0) is 21.7. The fourth-order valence-electron chi connectivity index (χ4n) is 3.63.